The maximum absolute atomic E-state index is 2.49. The maximum Gasteiger partial charge on any atom is 0.0283 e. The Kier molecular flexibility index (Phi) is 5.15. The predicted molar refractivity (Wildman–Crippen MR) is 70.6 cm³/mol. The van der Waals surface area contributed by atoms with Crippen molar-refractivity contribution in [2.75, 3.05) is 0 Å². The first-order valence-electron chi connectivity index (χ1n) is 6.32. The zero-order valence-corrected chi connectivity index (χ0v) is 13.9. The first kappa shape index (κ1) is 14.3. The van der Waals surface area contributed by atoms with Gasteiger partial charge in [0, 0.05) is 31.2 Å². The summed E-state index contributed by atoms with van der Waals surface area (Å²) in [6.07, 6.45) is 5.50. The molecule has 0 radical (unpaired) electrons. The van der Waals surface area contributed by atoms with Crippen LogP contribution in [0.15, 0.2) is 12.1 Å². The number of aryl methyl sites for hydroxylation is 2. The van der Waals surface area contributed by atoms with Crippen LogP contribution in [-0.4, -0.2) is 9.52 Å². The Bertz CT molecular complexity index is 309. The number of fused-ring (bicyclic) bond motifs is 1. The van der Waals surface area contributed by atoms with Gasteiger partial charge < -0.3 is 0 Å². The van der Waals surface area contributed by atoms with E-state index in [0.29, 0.717) is 5.04 Å². The molecule has 0 aliphatic heterocycles. The van der Waals surface area contributed by atoms with Gasteiger partial charge in [-0.05, 0) is 5.04 Å². The second-order valence-corrected chi connectivity index (χ2v) is 9.30. The first-order chi connectivity index (χ1) is 7.04. The molecular formula is C14H23SiTi-. The maximum atomic E-state index is 2.49. The second kappa shape index (κ2) is 5.75. The van der Waals surface area contributed by atoms with Crippen LogP contribution in [0.3, 0.4) is 0 Å². The molecule has 1 aromatic carbocycles. The molecule has 0 nitrogen and oxygen atoms in total. The molecule has 1 aromatic rings. The van der Waals surface area contributed by atoms with E-state index in [4.69, 9.17) is 0 Å². The third kappa shape index (κ3) is 3.94. The zero-order valence-electron chi connectivity index (χ0n) is 10.9. The fourth-order valence-electron chi connectivity index (χ4n) is 2.43. The van der Waals surface area contributed by atoms with E-state index in [1.165, 1.54) is 31.7 Å². The third-order valence-electron chi connectivity index (χ3n) is 3.44. The predicted octanol–water partition coefficient (Wildman–Crippen LogP) is 3.17. The monoisotopic (exact) mass is 267 g/mol. The van der Waals surface area contributed by atoms with E-state index in [2.05, 4.69) is 32.9 Å². The summed E-state index contributed by atoms with van der Waals surface area (Å²) in [5.74, 6) is 0. The van der Waals surface area contributed by atoms with Crippen LogP contribution in [0.5, 0.6) is 0 Å². The molecule has 2 heteroatoms. The van der Waals surface area contributed by atoms with E-state index in [9.17, 15) is 0 Å². The normalized spacial score (nSPS) is 16.2. The Morgan fingerprint density at radius 2 is 1.94 bits per heavy atom. The summed E-state index contributed by atoms with van der Waals surface area (Å²) >= 11 is 0. The van der Waals surface area contributed by atoms with Crippen molar-refractivity contribution in [2.24, 2.45) is 0 Å². The van der Waals surface area contributed by atoms with Gasteiger partial charge in [-0.1, -0.05) is 52.5 Å². The average Bonchev–Trinajstić information content (AvgIpc) is 2.56. The van der Waals surface area contributed by atoms with Gasteiger partial charge in [-0.25, -0.2) is 6.07 Å². The van der Waals surface area contributed by atoms with Gasteiger partial charge in [-0.3, -0.25) is 0 Å². The molecule has 0 saturated carbocycles. The van der Waals surface area contributed by atoms with Crippen LogP contribution in [0.2, 0.25) is 5.04 Å². The second-order valence-electron chi connectivity index (χ2n) is 6.18. The minimum absolute atomic E-state index is 0. The van der Waals surface area contributed by atoms with Crippen molar-refractivity contribution >= 4 is 9.52 Å². The Morgan fingerprint density at radius 3 is 2.56 bits per heavy atom. The van der Waals surface area contributed by atoms with Gasteiger partial charge in [0.2, 0.25) is 0 Å². The summed E-state index contributed by atoms with van der Waals surface area (Å²) < 4.78 is 0. The summed E-state index contributed by atoms with van der Waals surface area (Å²) in [6.45, 7) is 7.17. The molecule has 0 heterocycles. The molecule has 0 N–H and O–H groups in total. The topological polar surface area (TPSA) is 0 Å². The standard InChI is InChI=1S/C14H23Si.Ti/c1-14(2,3)15-10-11-8-12-6-4-5-7-13(12)9-11;/h8-9H,4-7,10,15H2,1-3H3;/q-1;. The Morgan fingerprint density at radius 1 is 1.25 bits per heavy atom. The van der Waals surface area contributed by atoms with E-state index in [1.807, 2.05) is 0 Å². The van der Waals surface area contributed by atoms with Crippen LogP contribution in [0.25, 0.3) is 0 Å². The third-order valence-corrected chi connectivity index (χ3v) is 5.76. The Balaban J connectivity index is 0.00000128. The summed E-state index contributed by atoms with van der Waals surface area (Å²) in [4.78, 5) is 0. The smallest absolute Gasteiger partial charge is 0.0283 e. The molecule has 0 amide bonds. The first-order valence-corrected chi connectivity index (χ1v) is 8.03. The zero-order chi connectivity index (χ0) is 10.9. The van der Waals surface area contributed by atoms with E-state index in [0.717, 1.165) is 0 Å². The number of hydrogen-bond acceptors (Lipinski definition) is 0. The molecule has 1 aliphatic carbocycles. The Labute approximate surface area is 117 Å². The van der Waals surface area contributed by atoms with Gasteiger partial charge in [-0.15, -0.1) is 0 Å². The van der Waals surface area contributed by atoms with Crippen LogP contribution in [0, 0.1) is 0 Å². The quantitative estimate of drug-likeness (QED) is 0.570. The van der Waals surface area contributed by atoms with Crippen molar-refractivity contribution < 1.29 is 21.7 Å². The average molecular weight is 267 g/mol. The molecule has 1 aliphatic rings. The molecule has 0 spiro atoms. The van der Waals surface area contributed by atoms with Crippen molar-refractivity contribution in [1.29, 1.82) is 0 Å². The van der Waals surface area contributed by atoms with Crippen LogP contribution in [-0.2, 0) is 40.6 Å². The van der Waals surface area contributed by atoms with Crippen LogP contribution >= 0.6 is 0 Å². The number of rotatable bonds is 2. The van der Waals surface area contributed by atoms with Gasteiger partial charge in [0.25, 0.3) is 0 Å². The minimum Gasteiger partial charge on any atom is -0.207 e. The van der Waals surface area contributed by atoms with Crippen LogP contribution < -0.4 is 0 Å². The molecule has 0 fully saturated rings. The Hall–Kier alpha value is 0.281. The van der Waals surface area contributed by atoms with E-state index < -0.39 is 0 Å². The molecule has 2 rings (SSSR count). The van der Waals surface area contributed by atoms with Gasteiger partial charge in [0.15, 0.2) is 0 Å². The molecule has 0 saturated heterocycles. The van der Waals surface area contributed by atoms with Gasteiger partial charge >= 0.3 is 0 Å². The van der Waals surface area contributed by atoms with Crippen molar-refractivity contribution in [3.63, 3.8) is 0 Å². The molecule has 88 valence electrons. The van der Waals surface area contributed by atoms with Gasteiger partial charge in [0.05, 0.1) is 0 Å². The summed E-state index contributed by atoms with van der Waals surface area (Å²) in [5.41, 5.74) is 4.97. The fourth-order valence-corrected chi connectivity index (χ4v) is 3.76. The molecular weight excluding hydrogens is 244 g/mol. The number of hydrogen-bond donors (Lipinski definition) is 0. The molecule has 0 aromatic heterocycles. The van der Waals surface area contributed by atoms with Crippen molar-refractivity contribution in [3.8, 4) is 0 Å². The van der Waals surface area contributed by atoms with Gasteiger partial charge in [0.1, 0.15) is 0 Å². The fraction of sp³-hybridized carbons (Fsp3) is 0.643. The van der Waals surface area contributed by atoms with Crippen molar-refractivity contribution in [1.82, 2.24) is 0 Å². The van der Waals surface area contributed by atoms with E-state index >= 15 is 0 Å². The molecule has 0 atom stereocenters. The van der Waals surface area contributed by atoms with Gasteiger partial charge in [-0.2, -0.15) is 22.8 Å². The van der Waals surface area contributed by atoms with Crippen molar-refractivity contribution in [3.05, 3.63) is 28.8 Å². The summed E-state index contributed by atoms with van der Waals surface area (Å²) in [7, 11) is 0.0538. The SMILES string of the molecule is CC(C)(C)[SiH2]Cc1cc2c([cH-]1)CCCC2.[Ti]. The molecule has 0 bridgehead atoms. The van der Waals surface area contributed by atoms with E-state index in [-0.39, 0.29) is 31.2 Å². The molecule has 0 unspecified atom stereocenters. The summed E-state index contributed by atoms with van der Waals surface area (Å²) in [5, 5.41) is 0.609. The van der Waals surface area contributed by atoms with Crippen LogP contribution in [0.1, 0.15) is 50.3 Å². The van der Waals surface area contributed by atoms with Crippen molar-refractivity contribution in [2.45, 2.75) is 57.5 Å². The minimum atomic E-state index is 0. The van der Waals surface area contributed by atoms with Crippen LogP contribution in [0.4, 0.5) is 0 Å². The van der Waals surface area contributed by atoms with E-state index in [1.54, 1.807) is 16.7 Å². The summed E-state index contributed by atoms with van der Waals surface area (Å²) in [6, 6.07) is 6.39. The molecule has 16 heavy (non-hydrogen) atoms. The largest absolute Gasteiger partial charge is 0.207 e.